The number of halogens is 3. The summed E-state index contributed by atoms with van der Waals surface area (Å²) >= 11 is 4.62. The predicted octanol–water partition coefficient (Wildman–Crippen LogP) is 2.30. The molecule has 0 amide bonds. The van der Waals surface area contributed by atoms with Crippen molar-refractivity contribution in [2.24, 2.45) is 0 Å². The lowest BCUT2D eigenvalue weighted by Gasteiger charge is -2.15. The lowest BCUT2D eigenvalue weighted by Crippen LogP contribution is -2.32. The molecule has 1 N–H and O–H groups in total. The molecule has 0 aliphatic rings. The minimum absolute atomic E-state index is 0.394. The second kappa shape index (κ2) is 5.21. The van der Waals surface area contributed by atoms with Crippen molar-refractivity contribution < 1.29 is 18.1 Å². The number of rotatable bonds is 4. The molecule has 0 spiro atoms. The Morgan fingerprint density at radius 3 is 2.38 bits per heavy atom. The summed E-state index contributed by atoms with van der Waals surface area (Å²) in [7, 11) is -1.68. The van der Waals surface area contributed by atoms with E-state index in [1.165, 1.54) is 0 Å². The number of aryl methyl sites for hydroxylation is 1. The van der Waals surface area contributed by atoms with Crippen LogP contribution in [0.15, 0.2) is 29.2 Å². The Hall–Kier alpha value is -0.520. The quantitative estimate of drug-likeness (QED) is 0.851. The molecule has 90 valence electrons. The SMILES string of the molecule is Cc1ccc([S@](=O)C[C@@H](O)C(F)(F)Cl)cc1. The van der Waals surface area contributed by atoms with Gasteiger partial charge in [0.2, 0.25) is 0 Å². The van der Waals surface area contributed by atoms with Crippen molar-refractivity contribution in [3.63, 3.8) is 0 Å². The van der Waals surface area contributed by atoms with Crippen molar-refractivity contribution in [1.82, 2.24) is 0 Å². The second-order valence-electron chi connectivity index (χ2n) is 3.38. The van der Waals surface area contributed by atoms with Gasteiger partial charge in [-0.05, 0) is 30.7 Å². The minimum atomic E-state index is -3.75. The maximum atomic E-state index is 12.4. The van der Waals surface area contributed by atoms with Crippen LogP contribution in [0.5, 0.6) is 0 Å². The topological polar surface area (TPSA) is 37.3 Å². The van der Waals surface area contributed by atoms with Crippen LogP contribution in [0, 0.1) is 6.92 Å². The minimum Gasteiger partial charge on any atom is -0.384 e. The van der Waals surface area contributed by atoms with E-state index in [0.717, 1.165) is 5.56 Å². The summed E-state index contributed by atoms with van der Waals surface area (Å²) in [5.74, 6) is -0.584. The monoisotopic (exact) mass is 268 g/mol. The molecule has 1 rings (SSSR count). The van der Waals surface area contributed by atoms with Gasteiger partial charge < -0.3 is 5.11 Å². The molecule has 0 aliphatic carbocycles. The average molecular weight is 269 g/mol. The summed E-state index contributed by atoms with van der Waals surface area (Å²) in [5.41, 5.74) is 0.976. The van der Waals surface area contributed by atoms with Crippen LogP contribution >= 0.6 is 11.6 Å². The average Bonchev–Trinajstić information content (AvgIpc) is 2.17. The maximum Gasteiger partial charge on any atom is 0.348 e. The predicted molar refractivity (Wildman–Crippen MR) is 59.3 cm³/mol. The second-order valence-corrected chi connectivity index (χ2v) is 5.38. The normalized spacial score (nSPS) is 15.8. The lowest BCUT2D eigenvalue weighted by molar-refractivity contribution is -0.0277. The van der Waals surface area contributed by atoms with Crippen LogP contribution in [0.4, 0.5) is 8.78 Å². The van der Waals surface area contributed by atoms with Crippen molar-refractivity contribution in [2.75, 3.05) is 5.75 Å². The van der Waals surface area contributed by atoms with Crippen LogP contribution in [-0.2, 0) is 10.8 Å². The molecule has 0 radical (unpaired) electrons. The van der Waals surface area contributed by atoms with Gasteiger partial charge in [-0.25, -0.2) is 0 Å². The van der Waals surface area contributed by atoms with Crippen molar-refractivity contribution in [3.8, 4) is 0 Å². The smallest absolute Gasteiger partial charge is 0.348 e. The van der Waals surface area contributed by atoms with Crippen LogP contribution in [0.3, 0.4) is 0 Å². The third-order valence-corrected chi connectivity index (χ3v) is 3.64. The summed E-state index contributed by atoms with van der Waals surface area (Å²) in [6.45, 7) is 1.86. The largest absolute Gasteiger partial charge is 0.384 e. The third-order valence-electron chi connectivity index (χ3n) is 1.97. The molecule has 0 aromatic heterocycles. The first-order valence-electron chi connectivity index (χ1n) is 4.50. The molecule has 1 aromatic rings. The van der Waals surface area contributed by atoms with Crippen molar-refractivity contribution in [3.05, 3.63) is 29.8 Å². The Labute approximate surface area is 99.7 Å². The summed E-state index contributed by atoms with van der Waals surface area (Å²) < 4.78 is 36.4. The van der Waals surface area contributed by atoms with E-state index < -0.39 is 28.0 Å². The first kappa shape index (κ1) is 13.5. The highest BCUT2D eigenvalue weighted by atomic mass is 35.5. The Bertz CT molecular complexity index is 375. The third kappa shape index (κ3) is 3.81. The first-order chi connectivity index (χ1) is 7.30. The van der Waals surface area contributed by atoms with Gasteiger partial charge in [-0.2, -0.15) is 8.78 Å². The summed E-state index contributed by atoms with van der Waals surface area (Å²) in [6.07, 6.45) is -2.11. The van der Waals surface area contributed by atoms with E-state index in [2.05, 4.69) is 11.6 Å². The van der Waals surface area contributed by atoms with E-state index in [-0.39, 0.29) is 0 Å². The molecule has 0 aliphatic heterocycles. The zero-order valence-electron chi connectivity index (χ0n) is 8.49. The van der Waals surface area contributed by atoms with Gasteiger partial charge in [0.25, 0.3) is 0 Å². The fraction of sp³-hybridized carbons (Fsp3) is 0.400. The standard InChI is InChI=1S/C10H11ClF2O2S/c1-7-2-4-8(5-3-7)16(15)6-9(14)10(11,12)13/h2-5,9,14H,6H2,1H3/t9-,16-/m1/s1. The van der Waals surface area contributed by atoms with Gasteiger partial charge in [-0.3, -0.25) is 4.21 Å². The van der Waals surface area contributed by atoms with E-state index in [4.69, 9.17) is 5.11 Å². The van der Waals surface area contributed by atoms with Crippen molar-refractivity contribution in [1.29, 1.82) is 0 Å². The molecule has 1 aromatic carbocycles. The molecule has 0 unspecified atom stereocenters. The Balaban J connectivity index is 2.70. The van der Waals surface area contributed by atoms with Gasteiger partial charge in [0.1, 0.15) is 6.10 Å². The van der Waals surface area contributed by atoms with Crippen LogP contribution in [-0.4, -0.2) is 26.6 Å². The van der Waals surface area contributed by atoms with Crippen LogP contribution in [0.25, 0.3) is 0 Å². The molecule has 0 bridgehead atoms. The van der Waals surface area contributed by atoms with Crippen LogP contribution in [0.2, 0.25) is 0 Å². The summed E-state index contributed by atoms with van der Waals surface area (Å²) in [5, 5.41) is 5.25. The molecule has 0 saturated heterocycles. The number of alkyl halides is 3. The van der Waals surface area contributed by atoms with E-state index in [9.17, 15) is 13.0 Å². The van der Waals surface area contributed by atoms with E-state index in [1.54, 1.807) is 24.3 Å². The fourth-order valence-corrected chi connectivity index (χ4v) is 2.32. The molecule has 0 heterocycles. The van der Waals surface area contributed by atoms with Crippen molar-refractivity contribution in [2.45, 2.75) is 23.3 Å². The van der Waals surface area contributed by atoms with Crippen LogP contribution in [0.1, 0.15) is 5.56 Å². The molecule has 2 nitrogen and oxygen atoms in total. The summed E-state index contributed by atoms with van der Waals surface area (Å²) in [6, 6.07) is 6.59. The molecule has 16 heavy (non-hydrogen) atoms. The van der Waals surface area contributed by atoms with Gasteiger partial charge >= 0.3 is 5.38 Å². The Morgan fingerprint density at radius 2 is 1.94 bits per heavy atom. The first-order valence-corrected chi connectivity index (χ1v) is 6.20. The van der Waals surface area contributed by atoms with Gasteiger partial charge in [0.05, 0.1) is 16.6 Å². The molecule has 2 atom stereocenters. The molecule has 0 saturated carbocycles. The zero-order valence-corrected chi connectivity index (χ0v) is 10.1. The number of benzene rings is 1. The maximum absolute atomic E-state index is 12.4. The van der Waals surface area contributed by atoms with E-state index >= 15 is 0 Å². The van der Waals surface area contributed by atoms with Gasteiger partial charge in [-0.15, -0.1) is 0 Å². The highest BCUT2D eigenvalue weighted by Gasteiger charge is 2.36. The number of aliphatic hydroxyl groups is 1. The fourth-order valence-electron chi connectivity index (χ4n) is 1.02. The van der Waals surface area contributed by atoms with Crippen molar-refractivity contribution >= 4 is 22.4 Å². The lowest BCUT2D eigenvalue weighted by atomic mass is 10.2. The Morgan fingerprint density at radius 1 is 1.44 bits per heavy atom. The van der Waals surface area contributed by atoms with Gasteiger partial charge in [0, 0.05) is 4.90 Å². The zero-order chi connectivity index (χ0) is 12.3. The highest BCUT2D eigenvalue weighted by molar-refractivity contribution is 7.85. The molecule has 0 fully saturated rings. The number of hydrogen-bond donors (Lipinski definition) is 1. The molecular weight excluding hydrogens is 258 g/mol. The van der Waals surface area contributed by atoms with E-state index in [1.807, 2.05) is 6.92 Å². The summed E-state index contributed by atoms with van der Waals surface area (Å²) in [4.78, 5) is 0.394. The number of hydrogen-bond acceptors (Lipinski definition) is 2. The molecular formula is C10H11ClF2O2S. The molecule has 6 heteroatoms. The van der Waals surface area contributed by atoms with Crippen LogP contribution < -0.4 is 0 Å². The number of aliphatic hydroxyl groups excluding tert-OH is 1. The van der Waals surface area contributed by atoms with Gasteiger partial charge in [0.15, 0.2) is 0 Å². The van der Waals surface area contributed by atoms with E-state index in [0.29, 0.717) is 4.90 Å². The Kier molecular flexibility index (Phi) is 4.41. The highest BCUT2D eigenvalue weighted by Crippen LogP contribution is 2.25. The van der Waals surface area contributed by atoms with Gasteiger partial charge in [-0.1, -0.05) is 17.7 Å².